The minimum atomic E-state index is -0.830. The summed E-state index contributed by atoms with van der Waals surface area (Å²) in [5.41, 5.74) is 10.9. The third-order valence-electron chi connectivity index (χ3n) is 6.35. The van der Waals surface area contributed by atoms with Crippen molar-refractivity contribution in [1.29, 1.82) is 0 Å². The van der Waals surface area contributed by atoms with E-state index in [1.54, 1.807) is 18.3 Å². The molecule has 2 amide bonds. The number of aliphatic hydroxyl groups excluding tert-OH is 1. The second-order valence-corrected chi connectivity index (χ2v) is 10.6. The Morgan fingerprint density at radius 1 is 1.23 bits per heavy atom. The molecule has 0 unspecified atom stereocenters. The van der Waals surface area contributed by atoms with Gasteiger partial charge in [-0.25, -0.2) is 4.98 Å². The van der Waals surface area contributed by atoms with Crippen LogP contribution in [0.1, 0.15) is 51.3 Å². The van der Waals surface area contributed by atoms with E-state index in [0.717, 1.165) is 21.7 Å². The molecule has 1 aliphatic heterocycles. The average Bonchev–Trinajstić information content (AvgIpc) is 3.42. The molecule has 1 fully saturated rings. The zero-order valence-corrected chi connectivity index (χ0v) is 21.7. The first kappa shape index (κ1) is 27.0. The molecule has 0 spiro atoms. The number of benzene rings is 1. The first-order valence-electron chi connectivity index (χ1n) is 12.1. The van der Waals surface area contributed by atoms with E-state index in [9.17, 15) is 19.5 Å². The number of Topliss-reactive ketones (excluding diaryl/α,β-unsaturated/α-hetero) is 1. The first-order chi connectivity index (χ1) is 16.6. The van der Waals surface area contributed by atoms with Crippen LogP contribution in [0, 0.1) is 12.8 Å². The van der Waals surface area contributed by atoms with Crippen LogP contribution in [0.2, 0.25) is 0 Å². The molecule has 0 bridgehead atoms. The number of aryl methyl sites for hydroxylation is 2. The molecule has 1 aromatic carbocycles. The summed E-state index contributed by atoms with van der Waals surface area (Å²) in [7, 11) is 0. The molecule has 0 radical (unpaired) electrons. The lowest BCUT2D eigenvalue weighted by atomic mass is 10.00. The monoisotopic (exact) mass is 500 g/mol. The van der Waals surface area contributed by atoms with E-state index in [1.165, 1.54) is 4.90 Å². The van der Waals surface area contributed by atoms with Crippen LogP contribution in [-0.4, -0.2) is 63.4 Å². The van der Waals surface area contributed by atoms with E-state index < -0.39 is 24.2 Å². The number of aliphatic hydroxyl groups is 1. The fraction of sp³-hybridized carbons (Fsp3) is 0.538. The van der Waals surface area contributed by atoms with Gasteiger partial charge in [-0.1, -0.05) is 38.1 Å². The van der Waals surface area contributed by atoms with Gasteiger partial charge in [-0.05, 0) is 43.7 Å². The maximum atomic E-state index is 13.0. The molecule has 9 heteroatoms. The molecular formula is C26H36N4O4S. The van der Waals surface area contributed by atoms with E-state index in [4.69, 9.17) is 5.73 Å². The predicted octanol–water partition coefficient (Wildman–Crippen LogP) is 2.46. The van der Waals surface area contributed by atoms with Crippen molar-refractivity contribution in [2.24, 2.45) is 11.7 Å². The summed E-state index contributed by atoms with van der Waals surface area (Å²) in [6, 6.07) is 5.86. The van der Waals surface area contributed by atoms with Crippen LogP contribution in [-0.2, 0) is 20.8 Å². The van der Waals surface area contributed by atoms with Crippen molar-refractivity contribution in [3.05, 3.63) is 41.0 Å². The lowest BCUT2D eigenvalue weighted by Crippen LogP contribution is -2.53. The highest BCUT2D eigenvalue weighted by atomic mass is 32.1. The number of ketones is 1. The molecular weight excluding hydrogens is 464 g/mol. The van der Waals surface area contributed by atoms with Crippen molar-refractivity contribution < 1.29 is 19.5 Å². The van der Waals surface area contributed by atoms with Crippen LogP contribution < -0.4 is 11.1 Å². The summed E-state index contributed by atoms with van der Waals surface area (Å²) in [5.74, 6) is -0.605. The number of carbonyl (C=O) groups excluding carboxylic acids is 3. The van der Waals surface area contributed by atoms with Crippen LogP contribution >= 0.6 is 11.3 Å². The smallest absolute Gasteiger partial charge is 0.245 e. The molecule has 0 aliphatic carbocycles. The van der Waals surface area contributed by atoms with Crippen LogP contribution in [0.3, 0.4) is 0 Å². The van der Waals surface area contributed by atoms with Crippen molar-refractivity contribution in [1.82, 2.24) is 15.2 Å². The Morgan fingerprint density at radius 3 is 2.51 bits per heavy atom. The number of amides is 2. The van der Waals surface area contributed by atoms with Crippen molar-refractivity contribution in [3.63, 3.8) is 0 Å². The topological polar surface area (TPSA) is 126 Å². The van der Waals surface area contributed by atoms with Gasteiger partial charge >= 0.3 is 0 Å². The van der Waals surface area contributed by atoms with E-state index in [-0.39, 0.29) is 42.9 Å². The van der Waals surface area contributed by atoms with E-state index >= 15 is 0 Å². The quantitative estimate of drug-likeness (QED) is 0.460. The second kappa shape index (κ2) is 11.9. The van der Waals surface area contributed by atoms with Crippen molar-refractivity contribution >= 4 is 28.9 Å². The Labute approximate surface area is 210 Å². The molecule has 35 heavy (non-hydrogen) atoms. The third kappa shape index (κ3) is 6.96. The summed E-state index contributed by atoms with van der Waals surface area (Å²) < 4.78 is 0. The number of hydrogen-bond acceptors (Lipinski definition) is 7. The van der Waals surface area contributed by atoms with Crippen LogP contribution in [0.25, 0.3) is 10.4 Å². The van der Waals surface area contributed by atoms with Gasteiger partial charge < -0.3 is 21.1 Å². The number of likely N-dealkylation sites (tertiary alicyclic amines) is 1. The maximum Gasteiger partial charge on any atom is 0.245 e. The van der Waals surface area contributed by atoms with Crippen molar-refractivity contribution in [3.8, 4) is 10.4 Å². The van der Waals surface area contributed by atoms with Crippen molar-refractivity contribution in [2.75, 3.05) is 6.54 Å². The Hall–Kier alpha value is -2.62. The Morgan fingerprint density at radius 2 is 1.91 bits per heavy atom. The minimum absolute atomic E-state index is 0.0798. The minimum Gasteiger partial charge on any atom is -0.391 e. The van der Waals surface area contributed by atoms with Gasteiger partial charge in [-0.3, -0.25) is 14.4 Å². The largest absolute Gasteiger partial charge is 0.391 e. The summed E-state index contributed by atoms with van der Waals surface area (Å²) in [6.07, 6.45) is 0.773. The number of β-amino-alcohol motifs (C(OH)–C–C–N with tert-alkyl or cyclic N) is 1. The molecule has 4 atom stereocenters. The third-order valence-corrected chi connectivity index (χ3v) is 7.32. The normalized spacial score (nSPS) is 19.6. The summed E-state index contributed by atoms with van der Waals surface area (Å²) in [4.78, 5) is 45.2. The first-order valence-corrected chi connectivity index (χ1v) is 13.0. The molecule has 8 nitrogen and oxygen atoms in total. The van der Waals surface area contributed by atoms with Gasteiger partial charge in [-0.2, -0.15) is 0 Å². The molecule has 0 saturated carbocycles. The second-order valence-electron chi connectivity index (χ2n) is 9.79. The standard InChI is InChI=1S/C26H36N4O4S/c1-15(2)11-21(27)25(33)29-17(4)26(34)30-13-20(31)12-22(30)23(32)10-7-18-5-8-19(9-6-18)24-16(3)28-14-35-24/h5-6,8-9,14-15,17,20-22,31H,7,10-13,27H2,1-4H3,(H,29,33)/t17-,20+,21-,22-/m0/s1. The Bertz CT molecular complexity index is 1040. The number of rotatable bonds is 10. The number of carbonyl (C=O) groups is 3. The van der Waals surface area contributed by atoms with Gasteiger partial charge in [0.1, 0.15) is 6.04 Å². The molecule has 3 rings (SSSR count). The number of nitrogens with two attached hydrogens (primary N) is 1. The molecule has 2 heterocycles. The SMILES string of the molecule is Cc1ncsc1-c1ccc(CCC(=O)[C@@H]2C[C@@H](O)CN2C(=O)[C@H](C)NC(=O)[C@@H](N)CC(C)C)cc1. The fourth-order valence-corrected chi connectivity index (χ4v) is 5.26. The van der Waals surface area contributed by atoms with Crippen molar-refractivity contribution in [2.45, 2.75) is 77.6 Å². The van der Waals surface area contributed by atoms with Gasteiger partial charge in [0, 0.05) is 19.4 Å². The highest BCUT2D eigenvalue weighted by molar-refractivity contribution is 7.13. The molecule has 4 N–H and O–H groups in total. The van der Waals surface area contributed by atoms with E-state index in [1.807, 2.05) is 50.5 Å². The number of nitrogens with zero attached hydrogens (tertiary/aromatic N) is 2. The number of aromatic nitrogens is 1. The molecule has 190 valence electrons. The van der Waals surface area contributed by atoms with Gasteiger partial charge in [0.25, 0.3) is 0 Å². The highest BCUT2D eigenvalue weighted by Crippen LogP contribution is 2.28. The van der Waals surface area contributed by atoms with Gasteiger partial charge in [-0.15, -0.1) is 11.3 Å². The summed E-state index contributed by atoms with van der Waals surface area (Å²) >= 11 is 1.60. The Balaban J connectivity index is 1.57. The van der Waals surface area contributed by atoms with Crippen LogP contribution in [0.4, 0.5) is 0 Å². The molecule has 1 aliphatic rings. The maximum absolute atomic E-state index is 13.0. The lowest BCUT2D eigenvalue weighted by Gasteiger charge is -2.27. The molecule has 1 saturated heterocycles. The zero-order chi connectivity index (χ0) is 25.7. The van der Waals surface area contributed by atoms with E-state index in [2.05, 4.69) is 10.3 Å². The number of thiazole rings is 1. The average molecular weight is 501 g/mol. The van der Waals surface area contributed by atoms with Gasteiger partial charge in [0.15, 0.2) is 5.78 Å². The number of hydrogen-bond donors (Lipinski definition) is 3. The highest BCUT2D eigenvalue weighted by Gasteiger charge is 2.40. The number of nitrogens with one attached hydrogen (secondary N) is 1. The van der Waals surface area contributed by atoms with E-state index in [0.29, 0.717) is 12.8 Å². The lowest BCUT2D eigenvalue weighted by molar-refractivity contribution is -0.140. The van der Waals surface area contributed by atoms with Gasteiger partial charge in [0.2, 0.25) is 11.8 Å². The summed E-state index contributed by atoms with van der Waals surface area (Å²) in [5, 5.41) is 12.9. The Kier molecular flexibility index (Phi) is 9.15. The fourth-order valence-electron chi connectivity index (χ4n) is 4.44. The van der Waals surface area contributed by atoms with Gasteiger partial charge in [0.05, 0.1) is 34.3 Å². The summed E-state index contributed by atoms with van der Waals surface area (Å²) in [6.45, 7) is 7.59. The van der Waals surface area contributed by atoms with Crippen LogP contribution in [0.15, 0.2) is 29.8 Å². The predicted molar refractivity (Wildman–Crippen MR) is 137 cm³/mol. The van der Waals surface area contributed by atoms with Crippen LogP contribution in [0.5, 0.6) is 0 Å². The molecule has 1 aromatic heterocycles. The molecule has 2 aromatic rings. The zero-order valence-electron chi connectivity index (χ0n) is 20.9.